The van der Waals surface area contributed by atoms with Crippen molar-refractivity contribution in [3.8, 4) is 0 Å². The maximum absolute atomic E-state index is 5.72. The van der Waals surface area contributed by atoms with Crippen LogP contribution in [0.4, 0.5) is 11.5 Å². The standard InChI is InChI=1S/C14H16ClN3O/c15-13-5-4-12(19-13)10-16-11-3-6-14(17-9-11)18-7-1-2-8-18/h3-6,9,16H,1-2,7-8,10H2. The van der Waals surface area contributed by atoms with Crippen molar-refractivity contribution in [2.24, 2.45) is 0 Å². The molecule has 0 amide bonds. The summed E-state index contributed by atoms with van der Waals surface area (Å²) in [6.45, 7) is 2.84. The molecule has 100 valence electrons. The van der Waals surface area contributed by atoms with Gasteiger partial charge in [-0.15, -0.1) is 0 Å². The van der Waals surface area contributed by atoms with Gasteiger partial charge in [0.05, 0.1) is 18.4 Å². The fourth-order valence-corrected chi connectivity index (χ4v) is 2.42. The molecular formula is C14H16ClN3O. The van der Waals surface area contributed by atoms with E-state index in [9.17, 15) is 0 Å². The summed E-state index contributed by atoms with van der Waals surface area (Å²) in [4.78, 5) is 6.80. The first kappa shape index (κ1) is 12.4. The molecule has 2 aromatic rings. The van der Waals surface area contributed by atoms with Crippen molar-refractivity contribution in [1.29, 1.82) is 0 Å². The largest absolute Gasteiger partial charge is 0.448 e. The summed E-state index contributed by atoms with van der Waals surface area (Å²) in [6.07, 6.45) is 4.39. The Kier molecular flexibility index (Phi) is 3.60. The maximum atomic E-state index is 5.72. The van der Waals surface area contributed by atoms with Crippen LogP contribution in [-0.4, -0.2) is 18.1 Å². The van der Waals surface area contributed by atoms with Crippen molar-refractivity contribution in [3.05, 3.63) is 41.4 Å². The van der Waals surface area contributed by atoms with E-state index in [4.69, 9.17) is 16.0 Å². The smallest absolute Gasteiger partial charge is 0.193 e. The third-order valence-electron chi connectivity index (χ3n) is 3.27. The Hall–Kier alpha value is -1.68. The van der Waals surface area contributed by atoms with Crippen LogP contribution >= 0.6 is 11.6 Å². The molecule has 0 radical (unpaired) electrons. The molecule has 1 N–H and O–H groups in total. The van der Waals surface area contributed by atoms with Gasteiger partial charge in [0.1, 0.15) is 11.6 Å². The van der Waals surface area contributed by atoms with Crippen molar-refractivity contribution in [2.45, 2.75) is 19.4 Å². The predicted octanol–water partition coefficient (Wildman–Crippen LogP) is 3.54. The summed E-state index contributed by atoms with van der Waals surface area (Å²) in [6, 6.07) is 7.71. The van der Waals surface area contributed by atoms with Gasteiger partial charge in [-0.05, 0) is 48.7 Å². The van der Waals surface area contributed by atoms with Crippen molar-refractivity contribution in [3.63, 3.8) is 0 Å². The summed E-state index contributed by atoms with van der Waals surface area (Å²) in [5, 5.41) is 3.67. The number of nitrogens with one attached hydrogen (secondary N) is 1. The van der Waals surface area contributed by atoms with E-state index < -0.39 is 0 Å². The Morgan fingerprint density at radius 2 is 2.05 bits per heavy atom. The van der Waals surface area contributed by atoms with Gasteiger partial charge in [0, 0.05) is 13.1 Å². The molecule has 0 aromatic carbocycles. The van der Waals surface area contributed by atoms with Crippen LogP contribution in [0.5, 0.6) is 0 Å². The number of nitrogens with zero attached hydrogens (tertiary/aromatic N) is 2. The Bertz CT molecular complexity index is 532. The molecule has 0 aliphatic carbocycles. The van der Waals surface area contributed by atoms with E-state index in [0.29, 0.717) is 11.8 Å². The SMILES string of the molecule is Clc1ccc(CNc2ccc(N3CCCC3)nc2)o1. The topological polar surface area (TPSA) is 41.3 Å². The molecule has 1 aliphatic heterocycles. The number of pyridine rings is 1. The van der Waals surface area contributed by atoms with Gasteiger partial charge in [0.2, 0.25) is 0 Å². The number of furan rings is 1. The first-order chi connectivity index (χ1) is 9.31. The lowest BCUT2D eigenvalue weighted by Gasteiger charge is -2.16. The zero-order valence-electron chi connectivity index (χ0n) is 10.6. The van der Waals surface area contributed by atoms with Crippen molar-refractivity contribution in [1.82, 2.24) is 4.98 Å². The average molecular weight is 278 g/mol. The number of halogens is 1. The van der Waals surface area contributed by atoms with E-state index >= 15 is 0 Å². The van der Waals surface area contributed by atoms with Crippen LogP contribution in [0.1, 0.15) is 18.6 Å². The molecule has 1 fully saturated rings. The number of aromatic nitrogens is 1. The first-order valence-electron chi connectivity index (χ1n) is 6.50. The Balaban J connectivity index is 1.59. The van der Waals surface area contributed by atoms with Gasteiger partial charge in [0.25, 0.3) is 0 Å². The van der Waals surface area contributed by atoms with Crippen LogP contribution < -0.4 is 10.2 Å². The second-order valence-electron chi connectivity index (χ2n) is 4.66. The van der Waals surface area contributed by atoms with Crippen LogP contribution in [0.25, 0.3) is 0 Å². The molecule has 3 heterocycles. The lowest BCUT2D eigenvalue weighted by atomic mass is 10.3. The Morgan fingerprint density at radius 3 is 2.68 bits per heavy atom. The quantitative estimate of drug-likeness (QED) is 0.928. The number of anilines is 2. The lowest BCUT2D eigenvalue weighted by molar-refractivity contribution is 0.520. The van der Waals surface area contributed by atoms with Gasteiger partial charge < -0.3 is 14.6 Å². The molecule has 3 rings (SSSR count). The minimum absolute atomic E-state index is 0.416. The second kappa shape index (κ2) is 5.53. The van der Waals surface area contributed by atoms with Crippen molar-refractivity contribution >= 4 is 23.1 Å². The molecule has 0 atom stereocenters. The number of hydrogen-bond acceptors (Lipinski definition) is 4. The summed E-state index contributed by atoms with van der Waals surface area (Å²) >= 11 is 5.72. The average Bonchev–Trinajstić information content (AvgIpc) is 3.08. The fourth-order valence-electron chi connectivity index (χ4n) is 2.26. The Morgan fingerprint density at radius 1 is 1.21 bits per heavy atom. The van der Waals surface area contributed by atoms with E-state index in [1.165, 1.54) is 12.8 Å². The predicted molar refractivity (Wildman–Crippen MR) is 76.7 cm³/mol. The molecule has 2 aromatic heterocycles. The van der Waals surface area contributed by atoms with E-state index in [1.807, 2.05) is 18.3 Å². The highest BCUT2D eigenvalue weighted by Crippen LogP contribution is 2.20. The van der Waals surface area contributed by atoms with Crippen LogP contribution in [0.15, 0.2) is 34.9 Å². The summed E-state index contributed by atoms with van der Waals surface area (Å²) in [5.74, 6) is 1.87. The zero-order chi connectivity index (χ0) is 13.1. The number of hydrogen-bond donors (Lipinski definition) is 1. The van der Waals surface area contributed by atoms with Crippen LogP contribution in [0.2, 0.25) is 5.22 Å². The van der Waals surface area contributed by atoms with Gasteiger partial charge in [-0.3, -0.25) is 0 Å². The molecule has 1 saturated heterocycles. The minimum Gasteiger partial charge on any atom is -0.448 e. The molecule has 0 unspecified atom stereocenters. The van der Waals surface area contributed by atoms with Gasteiger partial charge in [0.15, 0.2) is 5.22 Å². The lowest BCUT2D eigenvalue weighted by Crippen LogP contribution is -2.18. The van der Waals surface area contributed by atoms with Crippen LogP contribution in [-0.2, 0) is 6.54 Å². The van der Waals surface area contributed by atoms with Crippen molar-refractivity contribution < 1.29 is 4.42 Å². The first-order valence-corrected chi connectivity index (χ1v) is 6.88. The van der Waals surface area contributed by atoms with Gasteiger partial charge in [-0.1, -0.05) is 0 Å². The molecule has 1 aliphatic rings. The fraction of sp³-hybridized carbons (Fsp3) is 0.357. The summed E-state index contributed by atoms with van der Waals surface area (Å²) in [5.41, 5.74) is 0.982. The Labute approximate surface area is 117 Å². The molecule has 0 saturated carbocycles. The third-order valence-corrected chi connectivity index (χ3v) is 3.48. The van der Waals surface area contributed by atoms with Gasteiger partial charge in [-0.2, -0.15) is 0 Å². The monoisotopic (exact) mass is 277 g/mol. The zero-order valence-corrected chi connectivity index (χ0v) is 11.4. The highest BCUT2D eigenvalue weighted by molar-refractivity contribution is 6.28. The second-order valence-corrected chi connectivity index (χ2v) is 5.03. The van der Waals surface area contributed by atoms with Gasteiger partial charge >= 0.3 is 0 Å². The normalized spacial score (nSPS) is 14.9. The van der Waals surface area contributed by atoms with E-state index in [2.05, 4.69) is 21.3 Å². The molecule has 19 heavy (non-hydrogen) atoms. The molecule has 4 nitrogen and oxygen atoms in total. The molecular weight excluding hydrogens is 262 g/mol. The highest BCUT2D eigenvalue weighted by Gasteiger charge is 2.12. The molecule has 0 spiro atoms. The molecule has 5 heteroatoms. The van der Waals surface area contributed by atoms with E-state index in [1.54, 1.807) is 6.07 Å². The summed E-state index contributed by atoms with van der Waals surface area (Å²) < 4.78 is 5.28. The van der Waals surface area contributed by atoms with E-state index in [0.717, 1.165) is 30.4 Å². The molecule has 0 bridgehead atoms. The van der Waals surface area contributed by atoms with Crippen LogP contribution in [0, 0.1) is 0 Å². The van der Waals surface area contributed by atoms with E-state index in [-0.39, 0.29) is 0 Å². The highest BCUT2D eigenvalue weighted by atomic mass is 35.5. The number of rotatable bonds is 4. The third kappa shape index (κ3) is 3.01. The minimum atomic E-state index is 0.416. The summed E-state index contributed by atoms with van der Waals surface area (Å²) in [7, 11) is 0. The van der Waals surface area contributed by atoms with Crippen molar-refractivity contribution in [2.75, 3.05) is 23.3 Å². The van der Waals surface area contributed by atoms with Gasteiger partial charge in [-0.25, -0.2) is 4.98 Å². The van der Waals surface area contributed by atoms with Crippen LogP contribution in [0.3, 0.4) is 0 Å². The maximum Gasteiger partial charge on any atom is 0.193 e.